The van der Waals surface area contributed by atoms with Crippen molar-refractivity contribution in [2.75, 3.05) is 0 Å². The highest BCUT2D eigenvalue weighted by Crippen LogP contribution is 2.23. The molecule has 0 rings (SSSR count). The van der Waals surface area contributed by atoms with Gasteiger partial charge in [-0.05, 0) is 5.04 Å². The summed E-state index contributed by atoms with van der Waals surface area (Å²) in [6.07, 6.45) is 0. The third kappa shape index (κ3) is 2.55. The van der Waals surface area contributed by atoms with Crippen LogP contribution >= 0.6 is 0 Å². The standard InChI is InChI=1S/C6H12O2Si/c1-6(2,3)9(4-7)5-8/h4-5,9H,1-3H3. The molecule has 0 unspecified atom stereocenters. The van der Waals surface area contributed by atoms with E-state index in [9.17, 15) is 9.59 Å². The molecule has 0 aliphatic carbocycles. The molecule has 3 heteroatoms. The lowest BCUT2D eigenvalue weighted by Gasteiger charge is -2.18. The summed E-state index contributed by atoms with van der Waals surface area (Å²) in [5, 5.41) is -0.0799. The lowest BCUT2D eigenvalue weighted by molar-refractivity contribution is 0.559. The fourth-order valence-corrected chi connectivity index (χ4v) is 1.32. The molecule has 9 heavy (non-hydrogen) atoms. The maximum atomic E-state index is 10.2. The molecule has 0 radical (unpaired) electrons. The van der Waals surface area contributed by atoms with Crippen LogP contribution in [-0.2, 0) is 9.59 Å². The Kier molecular flexibility index (Phi) is 2.77. The molecule has 0 aromatic heterocycles. The SMILES string of the molecule is CC(C)(C)[SiH](C=O)C=O. The van der Waals surface area contributed by atoms with Gasteiger partial charge < -0.3 is 9.59 Å². The molecule has 0 aliphatic heterocycles. The van der Waals surface area contributed by atoms with Gasteiger partial charge in [-0.1, -0.05) is 20.8 Å². The number of hydrogen-bond acceptors (Lipinski definition) is 2. The van der Waals surface area contributed by atoms with Crippen LogP contribution in [0.25, 0.3) is 0 Å². The van der Waals surface area contributed by atoms with Gasteiger partial charge in [-0.25, -0.2) is 0 Å². The molecule has 0 aromatic rings. The molecule has 0 amide bonds. The lowest BCUT2D eigenvalue weighted by atomic mass is 10.2. The van der Waals surface area contributed by atoms with Crippen molar-refractivity contribution in [3.8, 4) is 0 Å². The second kappa shape index (κ2) is 2.92. The fraction of sp³-hybridized carbons (Fsp3) is 0.667. The van der Waals surface area contributed by atoms with Gasteiger partial charge in [0.05, 0.1) is 0 Å². The maximum Gasteiger partial charge on any atom is 0.190 e. The zero-order valence-electron chi connectivity index (χ0n) is 6.05. The van der Waals surface area contributed by atoms with Crippen molar-refractivity contribution in [3.05, 3.63) is 0 Å². The molecule has 2 nitrogen and oxygen atoms in total. The number of rotatable bonds is 2. The summed E-state index contributed by atoms with van der Waals surface area (Å²) in [5.41, 5.74) is 0. The quantitative estimate of drug-likeness (QED) is 0.419. The van der Waals surface area contributed by atoms with Crippen LogP contribution in [0.15, 0.2) is 0 Å². The molecular weight excluding hydrogens is 132 g/mol. The van der Waals surface area contributed by atoms with Gasteiger partial charge in [0.25, 0.3) is 0 Å². The van der Waals surface area contributed by atoms with Crippen molar-refractivity contribution >= 4 is 20.6 Å². The molecule has 0 saturated heterocycles. The lowest BCUT2D eigenvalue weighted by Crippen LogP contribution is -2.29. The number of hydrogen-bond donors (Lipinski definition) is 0. The Morgan fingerprint density at radius 3 is 1.44 bits per heavy atom. The average molecular weight is 144 g/mol. The predicted octanol–water partition coefficient (Wildman–Crippen LogP) is 0.557. The highest BCUT2D eigenvalue weighted by molar-refractivity contribution is 7.05. The molecular formula is C6H12O2Si. The minimum atomic E-state index is -1.74. The van der Waals surface area contributed by atoms with Gasteiger partial charge in [-0.2, -0.15) is 0 Å². The van der Waals surface area contributed by atoms with Crippen LogP contribution in [0.3, 0.4) is 0 Å². The first-order chi connectivity index (χ1) is 4.02. The first kappa shape index (κ1) is 8.56. The Labute approximate surface area is 56.9 Å². The largest absolute Gasteiger partial charge is 0.309 e. The van der Waals surface area contributed by atoms with Gasteiger partial charge in [-0.15, -0.1) is 0 Å². The van der Waals surface area contributed by atoms with E-state index in [-0.39, 0.29) is 5.04 Å². The van der Waals surface area contributed by atoms with Crippen LogP contribution in [-0.4, -0.2) is 20.6 Å². The zero-order chi connectivity index (χ0) is 7.49. The van der Waals surface area contributed by atoms with Crippen LogP contribution in [0.5, 0.6) is 0 Å². The van der Waals surface area contributed by atoms with E-state index in [1.54, 1.807) is 0 Å². The van der Waals surface area contributed by atoms with Crippen molar-refractivity contribution in [1.29, 1.82) is 0 Å². The normalized spacial score (nSPS) is 11.6. The minimum Gasteiger partial charge on any atom is -0.309 e. The number of carbonyl (C=O) groups is 2. The first-order valence-electron chi connectivity index (χ1n) is 2.93. The molecule has 0 heterocycles. The van der Waals surface area contributed by atoms with Crippen molar-refractivity contribution in [2.24, 2.45) is 0 Å². The Balaban J connectivity index is 4.11. The fourth-order valence-electron chi connectivity index (χ4n) is 0.440. The minimum absolute atomic E-state index is 0.0799. The van der Waals surface area contributed by atoms with E-state index < -0.39 is 8.80 Å². The third-order valence-corrected chi connectivity index (χ3v) is 3.88. The van der Waals surface area contributed by atoms with Crippen LogP contribution in [0.4, 0.5) is 0 Å². The van der Waals surface area contributed by atoms with E-state index in [1.165, 1.54) is 0 Å². The summed E-state index contributed by atoms with van der Waals surface area (Å²) in [6, 6.07) is 0. The van der Waals surface area contributed by atoms with E-state index in [1.807, 2.05) is 20.8 Å². The maximum absolute atomic E-state index is 10.2. The molecule has 0 aromatic carbocycles. The first-order valence-corrected chi connectivity index (χ1v) is 4.84. The monoisotopic (exact) mass is 144 g/mol. The van der Waals surface area contributed by atoms with Crippen LogP contribution in [0.1, 0.15) is 20.8 Å². The van der Waals surface area contributed by atoms with Gasteiger partial charge in [0.1, 0.15) is 11.8 Å². The van der Waals surface area contributed by atoms with Crippen molar-refractivity contribution in [3.63, 3.8) is 0 Å². The molecule has 0 bridgehead atoms. The van der Waals surface area contributed by atoms with Gasteiger partial charge in [0.15, 0.2) is 8.80 Å². The Bertz CT molecular complexity index is 107. The molecule has 0 aliphatic rings. The van der Waals surface area contributed by atoms with Gasteiger partial charge >= 0.3 is 0 Å². The van der Waals surface area contributed by atoms with Crippen LogP contribution < -0.4 is 0 Å². The molecule has 0 spiro atoms. The average Bonchev–Trinajstić information content (AvgIpc) is 1.65. The van der Waals surface area contributed by atoms with Gasteiger partial charge in [0.2, 0.25) is 0 Å². The molecule has 0 saturated carbocycles. The summed E-state index contributed by atoms with van der Waals surface area (Å²) in [4.78, 5) is 20.4. The van der Waals surface area contributed by atoms with Gasteiger partial charge in [0, 0.05) is 0 Å². The van der Waals surface area contributed by atoms with E-state index in [4.69, 9.17) is 0 Å². The van der Waals surface area contributed by atoms with Crippen LogP contribution in [0, 0.1) is 0 Å². The summed E-state index contributed by atoms with van der Waals surface area (Å²) in [5.74, 6) is 1.65. The molecule has 0 atom stereocenters. The van der Waals surface area contributed by atoms with Crippen molar-refractivity contribution in [1.82, 2.24) is 0 Å². The zero-order valence-corrected chi connectivity index (χ0v) is 7.20. The smallest absolute Gasteiger partial charge is 0.190 e. The second-order valence-corrected chi connectivity index (χ2v) is 6.49. The molecule has 52 valence electrons. The molecule has 0 N–H and O–H groups in total. The summed E-state index contributed by atoms with van der Waals surface area (Å²) >= 11 is 0. The van der Waals surface area contributed by atoms with E-state index >= 15 is 0 Å². The Morgan fingerprint density at radius 1 is 1.11 bits per heavy atom. The van der Waals surface area contributed by atoms with Crippen molar-refractivity contribution in [2.45, 2.75) is 25.8 Å². The summed E-state index contributed by atoms with van der Waals surface area (Å²) in [6.45, 7) is 5.77. The van der Waals surface area contributed by atoms with Crippen molar-refractivity contribution < 1.29 is 9.59 Å². The Hall–Kier alpha value is -0.443. The van der Waals surface area contributed by atoms with Gasteiger partial charge in [-0.3, -0.25) is 0 Å². The predicted molar refractivity (Wildman–Crippen MR) is 40.4 cm³/mol. The van der Waals surface area contributed by atoms with E-state index in [0.29, 0.717) is 0 Å². The second-order valence-electron chi connectivity index (χ2n) is 3.16. The summed E-state index contributed by atoms with van der Waals surface area (Å²) < 4.78 is 0. The molecule has 0 fully saturated rings. The highest BCUT2D eigenvalue weighted by Gasteiger charge is 2.25. The number of carbonyl (C=O) groups excluding carboxylic acids is 2. The van der Waals surface area contributed by atoms with E-state index in [0.717, 1.165) is 11.8 Å². The topological polar surface area (TPSA) is 34.1 Å². The highest BCUT2D eigenvalue weighted by atomic mass is 28.3. The Morgan fingerprint density at radius 2 is 1.44 bits per heavy atom. The third-order valence-electron chi connectivity index (χ3n) is 1.29. The summed E-state index contributed by atoms with van der Waals surface area (Å²) in [7, 11) is -1.74. The van der Waals surface area contributed by atoms with Crippen LogP contribution in [0.2, 0.25) is 5.04 Å². The van der Waals surface area contributed by atoms with E-state index in [2.05, 4.69) is 0 Å².